The van der Waals surface area contributed by atoms with Crippen LogP contribution in [-0.2, 0) is 9.53 Å². The van der Waals surface area contributed by atoms with Gasteiger partial charge in [-0.15, -0.1) is 11.3 Å². The SMILES string of the molecule is Cc1[nH]c(C(=O)N2CCC[C@H](C(=O)N[C@@H](c3cccs3)C(C)C)C2)c(C)c1C(=O)OC(C)C. The van der Waals surface area contributed by atoms with Crippen molar-refractivity contribution >= 4 is 29.1 Å². The highest BCUT2D eigenvalue weighted by Gasteiger charge is 2.33. The van der Waals surface area contributed by atoms with Gasteiger partial charge in [0.15, 0.2) is 0 Å². The molecule has 3 rings (SSSR count). The van der Waals surface area contributed by atoms with E-state index in [-0.39, 0.29) is 35.8 Å². The standard InChI is InChI=1S/C25H35N3O4S/c1-14(2)21(19-10-8-12-33-19)27-23(29)18-9-7-11-28(13-18)24(30)22-16(5)20(17(6)26-22)25(31)32-15(3)4/h8,10,12,14-15,18,21,26H,7,9,11,13H2,1-6H3,(H,27,29)/t18-,21+/m0/s1. The maximum Gasteiger partial charge on any atom is 0.340 e. The van der Waals surface area contributed by atoms with E-state index in [0.717, 1.165) is 17.7 Å². The summed E-state index contributed by atoms with van der Waals surface area (Å²) in [5.74, 6) is -0.622. The third-order valence-electron chi connectivity index (χ3n) is 6.09. The molecule has 2 N–H and O–H groups in total. The number of esters is 1. The Balaban J connectivity index is 1.72. The van der Waals surface area contributed by atoms with E-state index in [9.17, 15) is 14.4 Å². The van der Waals surface area contributed by atoms with E-state index in [1.54, 1.807) is 43.9 Å². The van der Waals surface area contributed by atoms with Crippen LogP contribution in [0.1, 0.15) is 83.6 Å². The zero-order valence-corrected chi connectivity index (χ0v) is 21.2. The monoisotopic (exact) mass is 473 g/mol. The van der Waals surface area contributed by atoms with Crippen LogP contribution >= 0.6 is 11.3 Å². The molecule has 33 heavy (non-hydrogen) atoms. The van der Waals surface area contributed by atoms with E-state index in [2.05, 4.69) is 24.1 Å². The number of likely N-dealkylation sites (tertiary alicyclic amines) is 1. The van der Waals surface area contributed by atoms with Crippen LogP contribution in [0, 0.1) is 25.7 Å². The zero-order valence-electron chi connectivity index (χ0n) is 20.4. The quantitative estimate of drug-likeness (QED) is 0.574. The highest BCUT2D eigenvalue weighted by molar-refractivity contribution is 7.10. The Morgan fingerprint density at radius 3 is 2.55 bits per heavy atom. The number of ether oxygens (including phenoxy) is 1. The third kappa shape index (κ3) is 5.66. The summed E-state index contributed by atoms with van der Waals surface area (Å²) < 4.78 is 5.34. The number of nitrogens with one attached hydrogen (secondary N) is 2. The minimum absolute atomic E-state index is 0.0137. The van der Waals surface area contributed by atoms with Gasteiger partial charge in [-0.05, 0) is 63.5 Å². The number of H-pyrrole nitrogens is 1. The highest BCUT2D eigenvalue weighted by Crippen LogP contribution is 2.28. The zero-order chi connectivity index (χ0) is 24.3. The Bertz CT molecular complexity index is 994. The van der Waals surface area contributed by atoms with Gasteiger partial charge in [-0.25, -0.2) is 4.79 Å². The number of carbonyl (C=O) groups excluding carboxylic acids is 3. The number of piperidine rings is 1. The number of carbonyl (C=O) groups is 3. The molecular weight excluding hydrogens is 438 g/mol. The van der Waals surface area contributed by atoms with E-state index >= 15 is 0 Å². The molecule has 0 saturated carbocycles. The lowest BCUT2D eigenvalue weighted by Gasteiger charge is -2.33. The van der Waals surface area contributed by atoms with Gasteiger partial charge >= 0.3 is 5.97 Å². The Labute approximate surface area is 199 Å². The first-order valence-electron chi connectivity index (χ1n) is 11.6. The molecule has 0 aromatic carbocycles. The number of hydrogen-bond acceptors (Lipinski definition) is 5. The molecule has 7 nitrogen and oxygen atoms in total. The van der Waals surface area contributed by atoms with E-state index in [0.29, 0.717) is 35.6 Å². The van der Waals surface area contributed by atoms with E-state index in [1.165, 1.54) is 0 Å². The van der Waals surface area contributed by atoms with Crippen molar-refractivity contribution in [2.45, 2.75) is 66.5 Å². The number of nitrogens with zero attached hydrogens (tertiary/aromatic N) is 1. The molecule has 0 spiro atoms. The van der Waals surface area contributed by atoms with Crippen molar-refractivity contribution in [3.63, 3.8) is 0 Å². The van der Waals surface area contributed by atoms with Crippen LogP contribution in [-0.4, -0.2) is 46.9 Å². The molecule has 180 valence electrons. The molecule has 0 aliphatic carbocycles. The van der Waals surface area contributed by atoms with Crippen LogP contribution in [0.2, 0.25) is 0 Å². The van der Waals surface area contributed by atoms with Crippen molar-refractivity contribution in [3.05, 3.63) is 44.9 Å². The van der Waals surface area contributed by atoms with Crippen molar-refractivity contribution in [1.29, 1.82) is 0 Å². The smallest absolute Gasteiger partial charge is 0.340 e. The normalized spacial score (nSPS) is 17.3. The number of aromatic amines is 1. The van der Waals surface area contributed by atoms with Crippen LogP contribution in [0.5, 0.6) is 0 Å². The first-order chi connectivity index (χ1) is 15.6. The van der Waals surface area contributed by atoms with Crippen molar-refractivity contribution in [1.82, 2.24) is 15.2 Å². The third-order valence-corrected chi connectivity index (χ3v) is 7.05. The van der Waals surface area contributed by atoms with Gasteiger partial charge in [0.25, 0.3) is 5.91 Å². The van der Waals surface area contributed by atoms with Crippen molar-refractivity contribution in [3.8, 4) is 0 Å². The highest BCUT2D eigenvalue weighted by atomic mass is 32.1. The van der Waals surface area contributed by atoms with Crippen molar-refractivity contribution in [2.75, 3.05) is 13.1 Å². The Hall–Kier alpha value is -2.61. The molecule has 1 fully saturated rings. The number of amides is 2. The first kappa shape index (κ1) is 25.0. The Kier molecular flexibility index (Phi) is 8.00. The Morgan fingerprint density at radius 1 is 1.21 bits per heavy atom. The van der Waals surface area contributed by atoms with Gasteiger partial charge in [0.2, 0.25) is 5.91 Å². The van der Waals surface area contributed by atoms with Crippen molar-refractivity contribution in [2.24, 2.45) is 11.8 Å². The van der Waals surface area contributed by atoms with Crippen LogP contribution < -0.4 is 5.32 Å². The molecule has 3 heterocycles. The summed E-state index contributed by atoms with van der Waals surface area (Å²) in [4.78, 5) is 44.9. The fraction of sp³-hybridized carbons (Fsp3) is 0.560. The number of rotatable bonds is 7. The maximum absolute atomic E-state index is 13.3. The minimum atomic E-state index is -0.431. The van der Waals surface area contributed by atoms with Crippen LogP contribution in [0.25, 0.3) is 0 Å². The van der Waals surface area contributed by atoms with Crippen molar-refractivity contribution < 1.29 is 19.1 Å². The molecule has 0 bridgehead atoms. The van der Waals surface area contributed by atoms with Gasteiger partial charge in [0.05, 0.1) is 23.6 Å². The average Bonchev–Trinajstić information content (AvgIpc) is 3.38. The fourth-order valence-corrected chi connectivity index (χ4v) is 5.33. The van der Waals surface area contributed by atoms with Gasteiger partial charge in [0.1, 0.15) is 5.69 Å². The number of thiophene rings is 1. The number of aromatic nitrogens is 1. The predicted molar refractivity (Wildman–Crippen MR) is 129 cm³/mol. The minimum Gasteiger partial charge on any atom is -0.459 e. The molecule has 0 radical (unpaired) electrons. The molecule has 2 amide bonds. The summed E-state index contributed by atoms with van der Waals surface area (Å²) in [6.45, 7) is 12.3. The summed E-state index contributed by atoms with van der Waals surface area (Å²) in [5.41, 5.74) is 2.01. The Morgan fingerprint density at radius 2 is 1.94 bits per heavy atom. The van der Waals surface area contributed by atoms with Gasteiger partial charge in [-0.1, -0.05) is 19.9 Å². The van der Waals surface area contributed by atoms with Crippen LogP contribution in [0.4, 0.5) is 0 Å². The number of hydrogen-bond donors (Lipinski definition) is 2. The fourth-order valence-electron chi connectivity index (χ4n) is 4.38. The second kappa shape index (κ2) is 10.5. The second-order valence-corrected chi connectivity index (χ2v) is 10.4. The lowest BCUT2D eigenvalue weighted by atomic mass is 9.95. The lowest BCUT2D eigenvalue weighted by Crippen LogP contribution is -2.46. The van der Waals surface area contributed by atoms with Crippen LogP contribution in [0.15, 0.2) is 17.5 Å². The van der Waals surface area contributed by atoms with E-state index in [4.69, 9.17) is 4.74 Å². The molecule has 8 heteroatoms. The summed E-state index contributed by atoms with van der Waals surface area (Å²) in [5, 5.41) is 5.23. The van der Waals surface area contributed by atoms with Gasteiger partial charge in [-0.3, -0.25) is 9.59 Å². The topological polar surface area (TPSA) is 91.5 Å². The molecule has 1 aliphatic rings. The van der Waals surface area contributed by atoms with Gasteiger partial charge < -0.3 is 19.9 Å². The summed E-state index contributed by atoms with van der Waals surface area (Å²) in [6.07, 6.45) is 1.27. The van der Waals surface area contributed by atoms with E-state index < -0.39 is 5.97 Å². The molecule has 2 atom stereocenters. The van der Waals surface area contributed by atoms with Crippen LogP contribution in [0.3, 0.4) is 0 Å². The molecule has 2 aromatic rings. The first-order valence-corrected chi connectivity index (χ1v) is 12.5. The lowest BCUT2D eigenvalue weighted by molar-refractivity contribution is -0.127. The average molecular weight is 474 g/mol. The van der Waals surface area contributed by atoms with E-state index in [1.807, 2.05) is 17.5 Å². The maximum atomic E-state index is 13.3. The molecule has 1 saturated heterocycles. The van der Waals surface area contributed by atoms with Gasteiger partial charge in [-0.2, -0.15) is 0 Å². The molecule has 2 aromatic heterocycles. The summed E-state index contributed by atoms with van der Waals surface area (Å²) in [7, 11) is 0. The molecule has 1 aliphatic heterocycles. The summed E-state index contributed by atoms with van der Waals surface area (Å²) >= 11 is 1.64. The summed E-state index contributed by atoms with van der Waals surface area (Å²) in [6, 6.07) is 4.00. The molecular formula is C25H35N3O4S. The van der Waals surface area contributed by atoms with Gasteiger partial charge in [0, 0.05) is 23.7 Å². The predicted octanol–water partition coefficient (Wildman–Crippen LogP) is 4.62. The second-order valence-electron chi connectivity index (χ2n) is 9.42. The largest absolute Gasteiger partial charge is 0.459 e. The number of aryl methyl sites for hydroxylation is 1. The molecule has 0 unspecified atom stereocenters.